The maximum atomic E-state index is 12.0. The number of hydrogen-bond acceptors (Lipinski definition) is 1. The molecule has 0 bridgehead atoms. The second kappa shape index (κ2) is 3.70. The van der Waals surface area contributed by atoms with Crippen molar-refractivity contribution in [2.45, 2.75) is 20.4 Å². The van der Waals surface area contributed by atoms with E-state index in [9.17, 15) is 4.79 Å². The van der Waals surface area contributed by atoms with E-state index in [2.05, 4.69) is 0 Å². The van der Waals surface area contributed by atoms with E-state index in [0.29, 0.717) is 17.0 Å². The Morgan fingerprint density at radius 3 is 2.73 bits per heavy atom. The molecule has 0 fully saturated rings. The minimum absolute atomic E-state index is 0.0283. The number of benzene rings is 1. The molecule has 0 saturated carbocycles. The molecular weight excluding hydrogens is 210 g/mol. The van der Waals surface area contributed by atoms with E-state index >= 15 is 0 Å². The van der Waals surface area contributed by atoms with Gasteiger partial charge in [-0.1, -0.05) is 17.7 Å². The smallest absolute Gasteiger partial charge is 0.258 e. The van der Waals surface area contributed by atoms with Gasteiger partial charge in [0.2, 0.25) is 0 Å². The van der Waals surface area contributed by atoms with Crippen molar-refractivity contribution in [1.29, 1.82) is 0 Å². The predicted octanol–water partition coefficient (Wildman–Crippen LogP) is 2.98. The summed E-state index contributed by atoms with van der Waals surface area (Å²) in [5.74, 6) is 0. The lowest BCUT2D eigenvalue weighted by atomic mass is 10.1. The van der Waals surface area contributed by atoms with Crippen LogP contribution in [0.25, 0.3) is 10.8 Å². The zero-order valence-electron chi connectivity index (χ0n) is 8.75. The normalized spacial score (nSPS) is 10.9. The molecule has 15 heavy (non-hydrogen) atoms. The van der Waals surface area contributed by atoms with Crippen molar-refractivity contribution < 1.29 is 0 Å². The molecule has 1 heterocycles. The Morgan fingerprint density at radius 1 is 1.33 bits per heavy atom. The van der Waals surface area contributed by atoms with E-state index in [1.807, 2.05) is 32.2 Å². The van der Waals surface area contributed by atoms with Gasteiger partial charge in [0, 0.05) is 23.2 Å². The Hall–Kier alpha value is -1.28. The minimum atomic E-state index is 0.0283. The van der Waals surface area contributed by atoms with Gasteiger partial charge in [0.1, 0.15) is 0 Å². The van der Waals surface area contributed by atoms with Gasteiger partial charge in [-0.15, -0.1) is 0 Å². The molecule has 2 rings (SSSR count). The Morgan fingerprint density at radius 2 is 2.07 bits per heavy atom. The van der Waals surface area contributed by atoms with Crippen molar-refractivity contribution in [3.8, 4) is 0 Å². The fourth-order valence-corrected chi connectivity index (χ4v) is 1.96. The minimum Gasteiger partial charge on any atom is -0.315 e. The van der Waals surface area contributed by atoms with Crippen molar-refractivity contribution in [2.24, 2.45) is 0 Å². The van der Waals surface area contributed by atoms with Gasteiger partial charge >= 0.3 is 0 Å². The van der Waals surface area contributed by atoms with Crippen LogP contribution in [0.15, 0.2) is 29.2 Å². The third-order valence-electron chi connectivity index (χ3n) is 2.59. The summed E-state index contributed by atoms with van der Waals surface area (Å²) in [6.45, 7) is 4.64. The second-order valence-electron chi connectivity index (χ2n) is 3.59. The second-order valence-corrected chi connectivity index (χ2v) is 4.03. The molecule has 0 unspecified atom stereocenters. The van der Waals surface area contributed by atoms with Crippen LogP contribution in [-0.2, 0) is 6.54 Å². The Labute approximate surface area is 93.1 Å². The van der Waals surface area contributed by atoms with E-state index in [4.69, 9.17) is 11.6 Å². The van der Waals surface area contributed by atoms with Crippen molar-refractivity contribution in [3.63, 3.8) is 0 Å². The van der Waals surface area contributed by atoms with E-state index in [0.717, 1.165) is 10.9 Å². The zero-order chi connectivity index (χ0) is 11.0. The number of hydrogen-bond donors (Lipinski definition) is 0. The summed E-state index contributed by atoms with van der Waals surface area (Å²) in [5.41, 5.74) is 1.13. The number of aryl methyl sites for hydroxylation is 2. The van der Waals surface area contributed by atoms with Gasteiger partial charge in [0.25, 0.3) is 5.56 Å². The molecule has 1 aromatic heterocycles. The van der Waals surface area contributed by atoms with Gasteiger partial charge in [-0.2, -0.15) is 0 Å². The van der Waals surface area contributed by atoms with E-state index in [-0.39, 0.29) is 5.56 Å². The summed E-state index contributed by atoms with van der Waals surface area (Å²) >= 11 is 5.89. The molecule has 0 spiro atoms. The van der Waals surface area contributed by atoms with Gasteiger partial charge in [0.15, 0.2) is 0 Å². The Balaban J connectivity index is 2.95. The summed E-state index contributed by atoms with van der Waals surface area (Å²) < 4.78 is 1.70. The van der Waals surface area contributed by atoms with Crippen LogP contribution in [0.1, 0.15) is 12.5 Å². The lowest BCUT2D eigenvalue weighted by molar-refractivity contribution is 0.731. The van der Waals surface area contributed by atoms with Crippen molar-refractivity contribution in [1.82, 2.24) is 4.57 Å². The number of rotatable bonds is 1. The molecular formula is C12H12ClNO. The van der Waals surface area contributed by atoms with Gasteiger partial charge in [-0.25, -0.2) is 0 Å². The molecule has 0 amide bonds. The maximum Gasteiger partial charge on any atom is 0.258 e. The summed E-state index contributed by atoms with van der Waals surface area (Å²) in [5, 5.41) is 2.28. The van der Waals surface area contributed by atoms with Crippen molar-refractivity contribution in [3.05, 3.63) is 45.3 Å². The zero-order valence-corrected chi connectivity index (χ0v) is 9.51. The topological polar surface area (TPSA) is 22.0 Å². The van der Waals surface area contributed by atoms with Gasteiger partial charge < -0.3 is 4.57 Å². The molecule has 0 saturated heterocycles. The first kappa shape index (κ1) is 10.2. The maximum absolute atomic E-state index is 12.0. The summed E-state index contributed by atoms with van der Waals surface area (Å²) in [7, 11) is 0. The highest BCUT2D eigenvalue weighted by atomic mass is 35.5. The number of nitrogens with zero attached hydrogens (tertiary/aromatic N) is 1. The first-order valence-electron chi connectivity index (χ1n) is 4.92. The van der Waals surface area contributed by atoms with Crippen LogP contribution in [-0.4, -0.2) is 4.57 Å². The lowest BCUT2D eigenvalue weighted by Gasteiger charge is -2.07. The first-order valence-corrected chi connectivity index (χ1v) is 5.30. The molecule has 78 valence electrons. The van der Waals surface area contributed by atoms with Crippen molar-refractivity contribution >= 4 is 22.4 Å². The van der Waals surface area contributed by atoms with E-state index in [1.54, 1.807) is 10.6 Å². The highest BCUT2D eigenvalue weighted by Crippen LogP contribution is 2.19. The molecule has 0 radical (unpaired) electrons. The molecule has 0 N–H and O–H groups in total. The number of aromatic nitrogens is 1. The monoisotopic (exact) mass is 221 g/mol. The van der Waals surface area contributed by atoms with E-state index < -0.39 is 0 Å². The molecule has 2 nitrogen and oxygen atoms in total. The largest absolute Gasteiger partial charge is 0.315 e. The van der Waals surface area contributed by atoms with Crippen LogP contribution < -0.4 is 5.56 Å². The highest BCUT2D eigenvalue weighted by molar-refractivity contribution is 6.31. The Kier molecular flexibility index (Phi) is 2.53. The highest BCUT2D eigenvalue weighted by Gasteiger charge is 2.05. The average molecular weight is 222 g/mol. The Bertz CT molecular complexity index is 572. The first-order chi connectivity index (χ1) is 7.13. The molecule has 0 aliphatic carbocycles. The molecule has 0 aliphatic rings. The van der Waals surface area contributed by atoms with Crippen LogP contribution in [0.5, 0.6) is 0 Å². The summed E-state index contributed by atoms with van der Waals surface area (Å²) in [4.78, 5) is 12.0. The predicted molar refractivity (Wildman–Crippen MR) is 63.6 cm³/mol. The summed E-state index contributed by atoms with van der Waals surface area (Å²) in [6, 6.07) is 5.44. The third-order valence-corrected chi connectivity index (χ3v) is 2.82. The van der Waals surface area contributed by atoms with Crippen LogP contribution in [0.2, 0.25) is 5.02 Å². The van der Waals surface area contributed by atoms with Gasteiger partial charge in [0.05, 0.1) is 0 Å². The van der Waals surface area contributed by atoms with Gasteiger partial charge in [-0.3, -0.25) is 4.79 Å². The van der Waals surface area contributed by atoms with Gasteiger partial charge in [-0.05, 0) is 36.9 Å². The summed E-state index contributed by atoms with van der Waals surface area (Å²) in [6.07, 6.45) is 1.89. The average Bonchev–Trinajstić information content (AvgIpc) is 2.23. The lowest BCUT2D eigenvalue weighted by Crippen LogP contribution is -2.19. The SMILES string of the molecule is CCn1cc(C)c2ccc(Cl)cc2c1=O. The van der Waals surface area contributed by atoms with Crippen molar-refractivity contribution in [2.75, 3.05) is 0 Å². The third kappa shape index (κ3) is 1.65. The quantitative estimate of drug-likeness (QED) is 0.726. The van der Waals surface area contributed by atoms with Crippen LogP contribution in [0, 0.1) is 6.92 Å². The fraction of sp³-hybridized carbons (Fsp3) is 0.250. The number of halogens is 1. The molecule has 0 atom stereocenters. The van der Waals surface area contributed by atoms with Crippen LogP contribution in [0.4, 0.5) is 0 Å². The standard InChI is InChI=1S/C12H12ClNO/c1-3-14-7-8(2)10-5-4-9(13)6-11(10)12(14)15/h4-7H,3H2,1-2H3. The molecule has 1 aromatic carbocycles. The van der Waals surface area contributed by atoms with E-state index in [1.165, 1.54) is 0 Å². The fourth-order valence-electron chi connectivity index (χ4n) is 1.79. The van der Waals surface area contributed by atoms with Crippen LogP contribution >= 0.6 is 11.6 Å². The van der Waals surface area contributed by atoms with Crippen LogP contribution in [0.3, 0.4) is 0 Å². The molecule has 0 aliphatic heterocycles. The molecule has 3 heteroatoms. The number of fused-ring (bicyclic) bond motifs is 1. The molecule has 2 aromatic rings. The number of pyridine rings is 1.